The Morgan fingerprint density at radius 3 is 2.14 bits per heavy atom. The first-order chi connectivity index (χ1) is 16.5. The Balaban J connectivity index is 2.18. The molecule has 0 aliphatic carbocycles. The van der Waals surface area contributed by atoms with E-state index >= 15 is 0 Å². The zero-order valence-electron chi connectivity index (χ0n) is 18.1. The van der Waals surface area contributed by atoms with Crippen molar-refractivity contribution in [2.75, 3.05) is 6.61 Å². The second-order valence-corrected chi connectivity index (χ2v) is 8.35. The Morgan fingerprint density at radius 2 is 1.63 bits per heavy atom. The van der Waals surface area contributed by atoms with Crippen LogP contribution in [0.15, 0.2) is 58.2 Å². The van der Waals surface area contributed by atoms with Gasteiger partial charge in [0.15, 0.2) is 5.75 Å². The molecule has 0 saturated heterocycles. The molecule has 0 bridgehead atoms. The second kappa shape index (κ2) is 9.68. The van der Waals surface area contributed by atoms with Crippen LogP contribution in [0.3, 0.4) is 0 Å². The highest BCUT2D eigenvalue weighted by Crippen LogP contribution is 2.32. The lowest BCUT2D eigenvalue weighted by molar-refractivity contribution is -0.395. The molecule has 1 heterocycles. The van der Waals surface area contributed by atoms with Crippen molar-refractivity contribution in [2.24, 2.45) is 0 Å². The molecule has 0 N–H and O–H groups in total. The van der Waals surface area contributed by atoms with Gasteiger partial charge in [-0.1, -0.05) is 18.2 Å². The lowest BCUT2D eigenvalue weighted by Crippen LogP contribution is -2.26. The van der Waals surface area contributed by atoms with Crippen LogP contribution in [0.5, 0.6) is 5.75 Å². The summed E-state index contributed by atoms with van der Waals surface area (Å²) in [7, 11) is -5.01. The van der Waals surface area contributed by atoms with Gasteiger partial charge in [0.25, 0.3) is 16.9 Å². The first-order valence-electron chi connectivity index (χ1n) is 9.71. The van der Waals surface area contributed by atoms with E-state index in [4.69, 9.17) is 8.92 Å². The first-order valence-corrected chi connectivity index (χ1v) is 11.1. The number of ether oxygens (including phenoxy) is 1. The molecule has 182 valence electrons. The smallest absolute Gasteiger partial charge is 0.362 e. The molecule has 0 atom stereocenters. The van der Waals surface area contributed by atoms with Crippen LogP contribution in [0.4, 0.5) is 11.4 Å². The number of esters is 1. The van der Waals surface area contributed by atoms with E-state index in [9.17, 15) is 38.2 Å². The Kier molecular flexibility index (Phi) is 6.91. The molecule has 0 saturated carbocycles. The molecule has 15 heteroatoms. The van der Waals surface area contributed by atoms with Crippen molar-refractivity contribution in [3.05, 3.63) is 90.4 Å². The van der Waals surface area contributed by atoms with Gasteiger partial charge in [0.05, 0.1) is 28.2 Å². The third kappa shape index (κ3) is 5.14. The molecule has 0 fully saturated rings. The number of nitro groups is 2. The number of rotatable bonds is 8. The molecule has 3 rings (SSSR count). The number of nitrogens with zero attached hydrogens (tertiary/aromatic N) is 4. The van der Waals surface area contributed by atoms with Crippen LogP contribution in [-0.4, -0.2) is 40.6 Å². The number of hydrogen-bond acceptors (Lipinski definition) is 11. The van der Waals surface area contributed by atoms with Gasteiger partial charge in [0.1, 0.15) is 10.5 Å². The highest BCUT2D eigenvalue weighted by Gasteiger charge is 2.31. The molecule has 35 heavy (non-hydrogen) atoms. The van der Waals surface area contributed by atoms with E-state index in [1.54, 1.807) is 18.2 Å². The van der Waals surface area contributed by atoms with E-state index in [1.165, 1.54) is 19.1 Å². The van der Waals surface area contributed by atoms with Crippen LogP contribution in [0, 0.1) is 27.2 Å². The maximum absolute atomic E-state index is 12.9. The summed E-state index contributed by atoms with van der Waals surface area (Å²) in [4.78, 5) is 44.8. The third-order valence-corrected chi connectivity index (χ3v) is 5.79. The number of hydrogen-bond donors (Lipinski definition) is 0. The lowest BCUT2D eigenvalue weighted by Gasteiger charge is -2.12. The summed E-state index contributed by atoms with van der Waals surface area (Å²) in [5.41, 5.74) is -3.37. The van der Waals surface area contributed by atoms with Crippen LogP contribution in [0.25, 0.3) is 5.69 Å². The average Bonchev–Trinajstić information content (AvgIpc) is 2.79. The SMILES string of the molecule is CCOC(=O)c1nn(-c2ccccc2)c(=O)cc1OS(=O)(=O)c1cc([N+](=O)[O-])c(C)c([N+](=O)[O-])c1. The summed E-state index contributed by atoms with van der Waals surface area (Å²) in [6.07, 6.45) is 0. The summed E-state index contributed by atoms with van der Waals surface area (Å²) in [6.45, 7) is 2.44. The van der Waals surface area contributed by atoms with E-state index in [0.29, 0.717) is 18.2 Å². The fraction of sp³-hybridized carbons (Fsp3) is 0.150. The standard InChI is InChI=1S/C20H16N4O10S/c1-3-33-20(26)19-17(11-18(25)22(21-19)13-7-5-4-6-8-13)34-35(31,32)14-9-15(23(27)28)12(2)16(10-14)24(29)30/h4-11H,3H2,1-2H3. The fourth-order valence-electron chi connectivity index (χ4n) is 2.95. The Labute approximate surface area is 196 Å². The summed E-state index contributed by atoms with van der Waals surface area (Å²) in [5.74, 6) is -1.95. The maximum Gasteiger partial charge on any atom is 0.362 e. The summed E-state index contributed by atoms with van der Waals surface area (Å²) in [6, 6.07) is 9.68. The highest BCUT2D eigenvalue weighted by molar-refractivity contribution is 7.87. The van der Waals surface area contributed by atoms with Gasteiger partial charge in [0, 0.05) is 12.1 Å². The number of nitro benzene ring substituents is 2. The lowest BCUT2D eigenvalue weighted by atomic mass is 10.1. The first kappa shape index (κ1) is 25.0. The quantitative estimate of drug-likeness (QED) is 0.189. The van der Waals surface area contributed by atoms with Gasteiger partial charge in [-0.15, -0.1) is 0 Å². The van der Waals surface area contributed by atoms with Gasteiger partial charge >= 0.3 is 16.1 Å². The number of aromatic nitrogens is 2. The molecule has 0 amide bonds. The number of carbonyl (C=O) groups is 1. The molecule has 0 aliphatic rings. The molecular weight excluding hydrogens is 488 g/mol. The van der Waals surface area contributed by atoms with Crippen molar-refractivity contribution in [3.8, 4) is 11.4 Å². The molecule has 3 aromatic rings. The Bertz CT molecular complexity index is 1470. The molecular formula is C20H16N4O10S. The average molecular weight is 504 g/mol. The predicted molar refractivity (Wildman–Crippen MR) is 118 cm³/mol. The fourth-order valence-corrected chi connectivity index (χ4v) is 3.92. The summed E-state index contributed by atoms with van der Waals surface area (Å²) in [5, 5.41) is 26.5. The van der Waals surface area contributed by atoms with Gasteiger partial charge in [0.2, 0.25) is 5.69 Å². The van der Waals surface area contributed by atoms with Gasteiger partial charge in [-0.05, 0) is 26.0 Å². The molecule has 0 radical (unpaired) electrons. The van der Waals surface area contributed by atoms with Crippen LogP contribution in [0.2, 0.25) is 0 Å². The van der Waals surface area contributed by atoms with Crippen molar-refractivity contribution >= 4 is 27.5 Å². The molecule has 0 spiro atoms. The van der Waals surface area contributed by atoms with E-state index in [1.807, 2.05) is 0 Å². The second-order valence-electron chi connectivity index (χ2n) is 6.80. The third-order valence-electron chi connectivity index (χ3n) is 4.57. The summed E-state index contributed by atoms with van der Waals surface area (Å²) >= 11 is 0. The minimum Gasteiger partial charge on any atom is -0.461 e. The van der Waals surface area contributed by atoms with Crippen molar-refractivity contribution in [3.63, 3.8) is 0 Å². The van der Waals surface area contributed by atoms with Crippen molar-refractivity contribution in [1.29, 1.82) is 0 Å². The van der Waals surface area contributed by atoms with Crippen molar-refractivity contribution < 1.29 is 32.0 Å². The van der Waals surface area contributed by atoms with Crippen LogP contribution < -0.4 is 9.74 Å². The Morgan fingerprint density at radius 1 is 1.06 bits per heavy atom. The van der Waals surface area contributed by atoms with Gasteiger partial charge in [-0.2, -0.15) is 18.2 Å². The minimum absolute atomic E-state index is 0.118. The highest BCUT2D eigenvalue weighted by atomic mass is 32.2. The molecule has 0 unspecified atom stereocenters. The topological polar surface area (TPSA) is 191 Å². The minimum atomic E-state index is -5.01. The number of para-hydroxylation sites is 1. The van der Waals surface area contributed by atoms with Gasteiger partial charge in [-0.3, -0.25) is 25.0 Å². The molecule has 1 aromatic heterocycles. The van der Waals surface area contributed by atoms with Crippen molar-refractivity contribution in [1.82, 2.24) is 9.78 Å². The van der Waals surface area contributed by atoms with Crippen LogP contribution >= 0.6 is 0 Å². The largest absolute Gasteiger partial charge is 0.461 e. The van der Waals surface area contributed by atoms with Crippen LogP contribution in [0.1, 0.15) is 23.0 Å². The summed E-state index contributed by atoms with van der Waals surface area (Å²) < 4.78 is 36.4. The van der Waals surface area contributed by atoms with Gasteiger partial charge in [-0.25, -0.2) is 4.79 Å². The predicted octanol–water partition coefficient (Wildman–Crippen LogP) is 2.30. The normalized spacial score (nSPS) is 11.0. The van der Waals surface area contributed by atoms with E-state index in [-0.39, 0.29) is 17.9 Å². The van der Waals surface area contributed by atoms with E-state index in [2.05, 4.69) is 5.10 Å². The van der Waals surface area contributed by atoms with Crippen LogP contribution in [-0.2, 0) is 14.9 Å². The van der Waals surface area contributed by atoms with Crippen molar-refractivity contribution in [2.45, 2.75) is 18.7 Å². The maximum atomic E-state index is 12.9. The number of benzene rings is 2. The molecule has 2 aromatic carbocycles. The van der Waals surface area contributed by atoms with E-state index < -0.39 is 59.2 Å². The molecule has 14 nitrogen and oxygen atoms in total. The Hall–Kier alpha value is -4.66. The van der Waals surface area contributed by atoms with Gasteiger partial charge < -0.3 is 8.92 Å². The number of carbonyl (C=O) groups excluding carboxylic acids is 1. The monoisotopic (exact) mass is 504 g/mol. The van der Waals surface area contributed by atoms with E-state index in [0.717, 1.165) is 11.6 Å². The zero-order valence-corrected chi connectivity index (χ0v) is 18.9. The molecule has 0 aliphatic heterocycles. The zero-order chi connectivity index (χ0) is 25.9.